The molecule has 10 rings (SSSR count). The van der Waals surface area contributed by atoms with E-state index in [2.05, 4.69) is 89.3 Å². The van der Waals surface area contributed by atoms with Crippen molar-refractivity contribution in [3.05, 3.63) is 109 Å². The summed E-state index contributed by atoms with van der Waals surface area (Å²) in [7, 11) is 6.25. The topological polar surface area (TPSA) is 100 Å². The maximum atomic E-state index is 4.92. The van der Waals surface area contributed by atoms with Crippen LogP contribution in [-0.4, -0.2) is 74.2 Å². The fourth-order valence-electron chi connectivity index (χ4n) is 7.87. The van der Waals surface area contributed by atoms with Gasteiger partial charge in [-0.3, -0.25) is 19.3 Å². The number of fused-ring (bicyclic) bond motifs is 4. The van der Waals surface area contributed by atoms with Gasteiger partial charge in [0.1, 0.15) is 11.4 Å². The van der Waals surface area contributed by atoms with Crippen LogP contribution < -0.4 is 0 Å². The van der Waals surface area contributed by atoms with Crippen molar-refractivity contribution in [3.8, 4) is 45.0 Å². The van der Waals surface area contributed by atoms with Crippen LogP contribution in [0.1, 0.15) is 30.7 Å². The fraction of sp³-hybridized carbons (Fsp3) is 0.286. The van der Waals surface area contributed by atoms with Gasteiger partial charge in [0.15, 0.2) is 0 Å². The predicted octanol–water partition coefficient (Wildman–Crippen LogP) is 7.30. The third kappa shape index (κ3) is 6.20. The normalized spacial score (nSPS) is 13.5. The van der Waals surface area contributed by atoms with Crippen molar-refractivity contribution < 1.29 is 0 Å². The third-order valence-electron chi connectivity index (χ3n) is 10.4. The molecule has 2 aliphatic rings. The molecule has 0 unspecified atom stereocenters. The van der Waals surface area contributed by atoms with Crippen LogP contribution in [0.4, 0.5) is 0 Å². The average molecular weight is 702 g/mol. The Balaban J connectivity index is 0.000000143. The molecule has 53 heavy (non-hydrogen) atoms. The Labute approximate surface area is 308 Å². The standard InChI is InChI=1S/C23H26N6.C19H17N5/c1-27(2)12-6-13-28-16-25-18-10-9-17(15-21(18)28)22-20-8-5-14-29(20)26-23(22)19-7-3-4-11-24-19;1-23-12-21-15-11-13(7-8-16(15)23)18-17-6-4-10-24(17)22-19(18)14-5-2-3-9-20-14/h3-4,7,9-11,15-16H,5-6,8,12-14H2,1-2H3;2-3,5,7-9,11-12H,4,6,10H2,1H3. The second kappa shape index (κ2) is 13.9. The Morgan fingerprint density at radius 3 is 1.89 bits per heavy atom. The number of rotatable bonds is 8. The maximum Gasteiger partial charge on any atom is 0.119 e. The molecule has 0 fully saturated rings. The van der Waals surface area contributed by atoms with E-state index in [9.17, 15) is 0 Å². The van der Waals surface area contributed by atoms with Crippen LogP contribution in [0.25, 0.3) is 67.1 Å². The van der Waals surface area contributed by atoms with Gasteiger partial charge in [-0.25, -0.2) is 9.97 Å². The first-order valence-electron chi connectivity index (χ1n) is 18.6. The first-order chi connectivity index (χ1) is 26.0. The van der Waals surface area contributed by atoms with Crippen LogP contribution in [0.5, 0.6) is 0 Å². The summed E-state index contributed by atoms with van der Waals surface area (Å²) in [6.07, 6.45) is 13.0. The summed E-state index contributed by atoms with van der Waals surface area (Å²) in [4.78, 5) is 20.4. The summed E-state index contributed by atoms with van der Waals surface area (Å²) in [5, 5.41) is 9.77. The lowest BCUT2D eigenvalue weighted by atomic mass is 9.99. The predicted molar refractivity (Wildman–Crippen MR) is 209 cm³/mol. The molecule has 2 aliphatic heterocycles. The monoisotopic (exact) mass is 701 g/mol. The van der Waals surface area contributed by atoms with Gasteiger partial charge < -0.3 is 14.0 Å². The van der Waals surface area contributed by atoms with Crippen molar-refractivity contribution >= 4 is 22.1 Å². The van der Waals surface area contributed by atoms with E-state index in [1.165, 1.54) is 39.2 Å². The zero-order chi connectivity index (χ0) is 35.9. The van der Waals surface area contributed by atoms with Gasteiger partial charge in [0.25, 0.3) is 0 Å². The summed E-state index contributed by atoms with van der Waals surface area (Å²) in [6.45, 7) is 4.01. The van der Waals surface area contributed by atoms with E-state index in [1.807, 2.05) is 73.1 Å². The van der Waals surface area contributed by atoms with Gasteiger partial charge in [-0.05, 0) is 112 Å². The quantitative estimate of drug-likeness (QED) is 0.164. The minimum atomic E-state index is 0.926. The Bertz CT molecular complexity index is 2540. The highest BCUT2D eigenvalue weighted by Crippen LogP contribution is 2.39. The van der Waals surface area contributed by atoms with E-state index < -0.39 is 0 Å². The lowest BCUT2D eigenvalue weighted by molar-refractivity contribution is 0.387. The van der Waals surface area contributed by atoms with E-state index in [0.29, 0.717) is 0 Å². The number of imidazole rings is 2. The van der Waals surface area contributed by atoms with Crippen LogP contribution in [0.2, 0.25) is 0 Å². The zero-order valence-electron chi connectivity index (χ0n) is 30.5. The molecule has 2 aromatic carbocycles. The number of aryl methyl sites for hydroxylation is 4. The van der Waals surface area contributed by atoms with Crippen LogP contribution in [0, 0.1) is 0 Å². The Morgan fingerprint density at radius 1 is 0.642 bits per heavy atom. The molecule has 266 valence electrons. The van der Waals surface area contributed by atoms with Crippen LogP contribution in [0.15, 0.2) is 97.8 Å². The largest absolute Gasteiger partial charge is 0.334 e. The van der Waals surface area contributed by atoms with Gasteiger partial charge in [-0.2, -0.15) is 10.2 Å². The highest BCUT2D eigenvalue weighted by atomic mass is 15.3. The SMILES string of the molecule is CN(C)CCCn1cnc2ccc(-c3c(-c4ccccn4)nn4c3CCC4)cc21.Cn1cnc2cc(-c3c(-c4ccccn4)nn4c3CCC4)ccc21. The summed E-state index contributed by atoms with van der Waals surface area (Å²) in [5.74, 6) is 0. The van der Waals surface area contributed by atoms with Crippen molar-refractivity contribution in [2.75, 3.05) is 20.6 Å². The van der Waals surface area contributed by atoms with Gasteiger partial charge in [0.2, 0.25) is 0 Å². The summed E-state index contributed by atoms with van der Waals surface area (Å²) >= 11 is 0. The summed E-state index contributed by atoms with van der Waals surface area (Å²) < 4.78 is 8.62. The Hall–Kier alpha value is -5.94. The van der Waals surface area contributed by atoms with Crippen LogP contribution in [0.3, 0.4) is 0 Å². The number of hydrogen-bond acceptors (Lipinski definition) is 7. The van der Waals surface area contributed by atoms with Gasteiger partial charge in [-0.1, -0.05) is 24.3 Å². The summed E-state index contributed by atoms with van der Waals surface area (Å²) in [5.41, 5.74) is 15.6. The van der Waals surface area contributed by atoms with E-state index >= 15 is 0 Å². The van der Waals surface area contributed by atoms with E-state index in [0.717, 1.165) is 97.6 Å². The lowest BCUT2D eigenvalue weighted by Gasteiger charge is -2.10. The molecule has 0 saturated carbocycles. The van der Waals surface area contributed by atoms with E-state index in [-0.39, 0.29) is 0 Å². The number of nitrogens with zero attached hydrogens (tertiary/aromatic N) is 11. The third-order valence-corrected chi connectivity index (χ3v) is 10.4. The van der Waals surface area contributed by atoms with Crippen molar-refractivity contribution in [2.45, 2.75) is 51.7 Å². The highest BCUT2D eigenvalue weighted by Gasteiger charge is 2.26. The van der Waals surface area contributed by atoms with Crippen molar-refractivity contribution in [1.82, 2.24) is 53.5 Å². The first kappa shape index (κ1) is 32.9. The Kier molecular flexibility index (Phi) is 8.63. The molecule has 0 aliphatic carbocycles. The molecule has 11 heteroatoms. The summed E-state index contributed by atoms with van der Waals surface area (Å²) in [6, 6.07) is 25.1. The number of hydrogen-bond donors (Lipinski definition) is 0. The number of aromatic nitrogens is 10. The zero-order valence-corrected chi connectivity index (χ0v) is 30.5. The van der Waals surface area contributed by atoms with Crippen LogP contribution in [-0.2, 0) is 39.5 Å². The minimum Gasteiger partial charge on any atom is -0.334 e. The van der Waals surface area contributed by atoms with Crippen molar-refractivity contribution in [3.63, 3.8) is 0 Å². The van der Waals surface area contributed by atoms with E-state index in [1.54, 1.807) is 0 Å². The second-order valence-corrected chi connectivity index (χ2v) is 14.3. The molecule has 0 atom stereocenters. The molecule has 8 heterocycles. The molecular formula is C42H43N11. The maximum absolute atomic E-state index is 4.92. The molecule has 6 aromatic heterocycles. The average Bonchev–Trinajstić information content (AvgIpc) is 4.04. The van der Waals surface area contributed by atoms with Crippen LogP contribution >= 0.6 is 0 Å². The van der Waals surface area contributed by atoms with Gasteiger partial charge >= 0.3 is 0 Å². The van der Waals surface area contributed by atoms with Crippen molar-refractivity contribution in [2.24, 2.45) is 7.05 Å². The molecule has 0 saturated heterocycles. The number of benzene rings is 2. The molecule has 0 bridgehead atoms. The molecule has 8 aromatic rings. The fourth-order valence-corrected chi connectivity index (χ4v) is 7.87. The lowest BCUT2D eigenvalue weighted by Crippen LogP contribution is -2.14. The highest BCUT2D eigenvalue weighted by molar-refractivity contribution is 5.89. The van der Waals surface area contributed by atoms with Gasteiger partial charge in [0, 0.05) is 61.6 Å². The van der Waals surface area contributed by atoms with E-state index in [4.69, 9.17) is 10.2 Å². The number of pyridine rings is 2. The molecule has 11 nitrogen and oxygen atoms in total. The molecule has 0 N–H and O–H groups in total. The smallest absolute Gasteiger partial charge is 0.119 e. The Morgan fingerprint density at radius 2 is 1.26 bits per heavy atom. The second-order valence-electron chi connectivity index (χ2n) is 14.3. The molecular weight excluding hydrogens is 659 g/mol. The molecule has 0 amide bonds. The molecule has 0 radical (unpaired) electrons. The van der Waals surface area contributed by atoms with Gasteiger partial charge in [0.05, 0.1) is 46.1 Å². The van der Waals surface area contributed by atoms with Gasteiger partial charge in [-0.15, -0.1) is 0 Å². The molecule has 0 spiro atoms. The first-order valence-corrected chi connectivity index (χ1v) is 18.6. The minimum absolute atomic E-state index is 0.926. The van der Waals surface area contributed by atoms with Crippen molar-refractivity contribution in [1.29, 1.82) is 0 Å².